The molecular weight excluding hydrogens is 248 g/mol. The van der Waals surface area contributed by atoms with Crippen LogP contribution in [0.2, 0.25) is 0 Å². The van der Waals surface area contributed by atoms with E-state index in [1.54, 1.807) is 12.1 Å². The van der Waals surface area contributed by atoms with Crippen LogP contribution in [0.4, 0.5) is 0 Å². The first-order valence-corrected chi connectivity index (χ1v) is 7.80. The molecule has 2 N–H and O–H groups in total. The molecule has 0 aromatic heterocycles. The van der Waals surface area contributed by atoms with Crippen LogP contribution in [-0.2, 0) is 16.6 Å². The van der Waals surface area contributed by atoms with Gasteiger partial charge in [0.15, 0.2) is 0 Å². The lowest BCUT2D eigenvalue weighted by molar-refractivity contribution is 0.556. The highest BCUT2D eigenvalue weighted by Crippen LogP contribution is 2.11. The van der Waals surface area contributed by atoms with Crippen LogP contribution < -0.4 is 10.0 Å². The highest BCUT2D eigenvalue weighted by Gasteiger charge is 2.15. The van der Waals surface area contributed by atoms with E-state index in [-0.39, 0.29) is 6.04 Å². The van der Waals surface area contributed by atoms with Crippen LogP contribution in [-0.4, -0.2) is 21.0 Å². The summed E-state index contributed by atoms with van der Waals surface area (Å²) in [7, 11) is -3.38. The molecule has 1 aromatic carbocycles. The molecule has 0 saturated heterocycles. The molecule has 0 heterocycles. The topological polar surface area (TPSA) is 58.2 Å². The molecule has 4 nitrogen and oxygen atoms in total. The van der Waals surface area contributed by atoms with Crippen molar-refractivity contribution < 1.29 is 8.42 Å². The fraction of sp³-hybridized carbons (Fsp3) is 0.538. The van der Waals surface area contributed by atoms with Crippen LogP contribution in [0, 0.1) is 0 Å². The number of rotatable bonds is 7. The maximum Gasteiger partial charge on any atom is 0.240 e. The smallest absolute Gasteiger partial charge is 0.240 e. The number of benzene rings is 1. The summed E-state index contributed by atoms with van der Waals surface area (Å²) >= 11 is 0. The van der Waals surface area contributed by atoms with Crippen LogP contribution >= 0.6 is 0 Å². The van der Waals surface area contributed by atoms with Crippen molar-refractivity contribution in [2.45, 2.75) is 44.7 Å². The Morgan fingerprint density at radius 2 is 1.78 bits per heavy atom. The van der Waals surface area contributed by atoms with Gasteiger partial charge in [-0.15, -0.1) is 0 Å². The monoisotopic (exact) mass is 270 g/mol. The third-order valence-corrected chi connectivity index (χ3v) is 4.39. The Labute approximate surface area is 110 Å². The third-order valence-electron chi connectivity index (χ3n) is 2.78. The third kappa shape index (κ3) is 4.40. The molecule has 0 aliphatic carbocycles. The molecule has 1 atom stereocenters. The largest absolute Gasteiger partial charge is 0.313 e. The van der Waals surface area contributed by atoms with E-state index in [0.717, 1.165) is 25.1 Å². The van der Waals surface area contributed by atoms with Crippen molar-refractivity contribution in [1.29, 1.82) is 0 Å². The van der Waals surface area contributed by atoms with E-state index in [4.69, 9.17) is 0 Å². The van der Waals surface area contributed by atoms with E-state index in [1.807, 2.05) is 32.9 Å². The van der Waals surface area contributed by atoms with Crippen molar-refractivity contribution in [1.82, 2.24) is 10.0 Å². The number of sulfonamides is 1. The average Bonchev–Trinajstić information content (AvgIpc) is 2.36. The van der Waals surface area contributed by atoms with Crippen molar-refractivity contribution in [3.05, 3.63) is 29.8 Å². The van der Waals surface area contributed by atoms with Gasteiger partial charge < -0.3 is 5.32 Å². The van der Waals surface area contributed by atoms with Crippen LogP contribution in [0.3, 0.4) is 0 Å². The van der Waals surface area contributed by atoms with Gasteiger partial charge in [-0.1, -0.05) is 26.0 Å². The van der Waals surface area contributed by atoms with Gasteiger partial charge in [0.05, 0.1) is 4.90 Å². The van der Waals surface area contributed by atoms with Crippen molar-refractivity contribution in [3.8, 4) is 0 Å². The van der Waals surface area contributed by atoms with Gasteiger partial charge in [0.25, 0.3) is 0 Å². The lowest BCUT2D eigenvalue weighted by atomic mass is 10.2. The van der Waals surface area contributed by atoms with Crippen molar-refractivity contribution >= 4 is 10.0 Å². The highest BCUT2D eigenvalue weighted by molar-refractivity contribution is 7.89. The first kappa shape index (κ1) is 15.1. The van der Waals surface area contributed by atoms with Crippen LogP contribution in [0.1, 0.15) is 32.8 Å². The van der Waals surface area contributed by atoms with E-state index in [2.05, 4.69) is 10.0 Å². The van der Waals surface area contributed by atoms with E-state index in [1.165, 1.54) is 0 Å². The molecular formula is C13H22N2O2S. The van der Waals surface area contributed by atoms with Gasteiger partial charge in [-0.3, -0.25) is 0 Å². The Morgan fingerprint density at radius 3 is 2.28 bits per heavy atom. The van der Waals surface area contributed by atoms with Crippen LogP contribution in [0.25, 0.3) is 0 Å². The minimum Gasteiger partial charge on any atom is -0.313 e. The Bertz CT molecular complexity index is 454. The second kappa shape index (κ2) is 6.87. The molecule has 0 radical (unpaired) electrons. The molecule has 1 aromatic rings. The molecule has 18 heavy (non-hydrogen) atoms. The van der Waals surface area contributed by atoms with Gasteiger partial charge in [-0.05, 0) is 37.6 Å². The Kier molecular flexibility index (Phi) is 5.78. The van der Waals surface area contributed by atoms with E-state index < -0.39 is 10.0 Å². The van der Waals surface area contributed by atoms with Gasteiger partial charge >= 0.3 is 0 Å². The second-order valence-electron chi connectivity index (χ2n) is 4.35. The van der Waals surface area contributed by atoms with Crippen LogP contribution in [0.15, 0.2) is 29.2 Å². The van der Waals surface area contributed by atoms with Crippen molar-refractivity contribution in [2.24, 2.45) is 0 Å². The minimum absolute atomic E-state index is 0.0450. The molecule has 5 heteroatoms. The molecule has 1 rings (SSSR count). The fourth-order valence-electron chi connectivity index (χ4n) is 1.47. The predicted octanol–water partition coefficient (Wildman–Crippen LogP) is 1.87. The van der Waals surface area contributed by atoms with Crippen molar-refractivity contribution in [2.75, 3.05) is 6.54 Å². The lowest BCUT2D eigenvalue weighted by Gasteiger charge is -2.12. The first-order valence-electron chi connectivity index (χ1n) is 6.31. The average molecular weight is 270 g/mol. The summed E-state index contributed by atoms with van der Waals surface area (Å²) in [5.41, 5.74) is 1.08. The molecule has 0 amide bonds. The molecule has 0 saturated carbocycles. The SMILES string of the molecule is CCNCc1ccc(S(=O)(=O)NC(C)CC)cc1. The number of hydrogen-bond acceptors (Lipinski definition) is 3. The predicted molar refractivity (Wildman–Crippen MR) is 73.9 cm³/mol. The maximum absolute atomic E-state index is 12.0. The van der Waals surface area contributed by atoms with Gasteiger partial charge in [0.2, 0.25) is 10.0 Å². The standard InChI is InChI=1S/C13H22N2O2S/c1-4-11(3)15-18(16,17)13-8-6-12(7-9-13)10-14-5-2/h6-9,11,14-15H,4-5,10H2,1-3H3. The normalized spacial score (nSPS) is 13.5. The quantitative estimate of drug-likeness (QED) is 0.795. The Balaban J connectivity index is 2.77. The summed E-state index contributed by atoms with van der Waals surface area (Å²) in [5.74, 6) is 0. The first-order chi connectivity index (χ1) is 8.49. The fourth-order valence-corrected chi connectivity index (χ4v) is 2.80. The zero-order valence-corrected chi connectivity index (χ0v) is 12.0. The molecule has 0 aliphatic heterocycles. The maximum atomic E-state index is 12.0. The van der Waals surface area contributed by atoms with Crippen LogP contribution in [0.5, 0.6) is 0 Å². The van der Waals surface area contributed by atoms with Gasteiger partial charge in [0, 0.05) is 12.6 Å². The summed E-state index contributed by atoms with van der Waals surface area (Å²) < 4.78 is 26.6. The highest BCUT2D eigenvalue weighted by atomic mass is 32.2. The van der Waals surface area contributed by atoms with E-state index >= 15 is 0 Å². The number of hydrogen-bond donors (Lipinski definition) is 2. The molecule has 0 aliphatic rings. The molecule has 0 bridgehead atoms. The van der Waals surface area contributed by atoms with E-state index in [9.17, 15) is 8.42 Å². The Hall–Kier alpha value is -0.910. The molecule has 1 unspecified atom stereocenters. The van der Waals surface area contributed by atoms with Gasteiger partial charge in [-0.25, -0.2) is 13.1 Å². The lowest BCUT2D eigenvalue weighted by Crippen LogP contribution is -2.31. The summed E-state index contributed by atoms with van der Waals surface area (Å²) in [6, 6.07) is 6.94. The zero-order chi connectivity index (χ0) is 13.6. The zero-order valence-electron chi connectivity index (χ0n) is 11.2. The number of nitrogens with one attached hydrogen (secondary N) is 2. The summed E-state index contributed by atoms with van der Waals surface area (Å²) in [6.45, 7) is 7.50. The van der Waals surface area contributed by atoms with E-state index in [0.29, 0.717) is 4.90 Å². The molecule has 102 valence electrons. The molecule has 0 fully saturated rings. The summed E-state index contributed by atoms with van der Waals surface area (Å²) in [5, 5.41) is 3.20. The second-order valence-corrected chi connectivity index (χ2v) is 6.07. The van der Waals surface area contributed by atoms with Gasteiger partial charge in [0.1, 0.15) is 0 Å². The molecule has 0 spiro atoms. The summed E-state index contributed by atoms with van der Waals surface area (Å²) in [6.07, 6.45) is 0.776. The minimum atomic E-state index is -3.38. The van der Waals surface area contributed by atoms with Crippen molar-refractivity contribution in [3.63, 3.8) is 0 Å². The Morgan fingerprint density at radius 1 is 1.17 bits per heavy atom. The summed E-state index contributed by atoms with van der Waals surface area (Å²) in [4.78, 5) is 0.322. The van der Waals surface area contributed by atoms with Gasteiger partial charge in [-0.2, -0.15) is 0 Å².